The summed E-state index contributed by atoms with van der Waals surface area (Å²) in [4.78, 5) is 23.0. The van der Waals surface area contributed by atoms with E-state index >= 15 is 0 Å². The molecule has 2 unspecified atom stereocenters. The molecule has 0 radical (unpaired) electrons. The van der Waals surface area contributed by atoms with Gasteiger partial charge in [-0.25, -0.2) is 4.79 Å². The first kappa shape index (κ1) is 20.0. The molecule has 2 atom stereocenters. The summed E-state index contributed by atoms with van der Waals surface area (Å²) in [7, 11) is 1.40. The number of carbonyl (C=O) groups excluding carboxylic acids is 1. The lowest BCUT2D eigenvalue weighted by Gasteiger charge is -2.39. The third kappa shape index (κ3) is 4.43. The fourth-order valence-corrected chi connectivity index (χ4v) is 2.93. The average molecular weight is 370 g/mol. The van der Waals surface area contributed by atoms with Crippen LogP contribution in [0.3, 0.4) is 0 Å². The Labute approximate surface area is 149 Å². The van der Waals surface area contributed by atoms with Crippen LogP contribution in [0.2, 0.25) is 0 Å². The Morgan fingerprint density at radius 3 is 2.38 bits per heavy atom. The molecule has 1 aliphatic rings. The molecule has 9 heteroatoms. The van der Waals surface area contributed by atoms with Crippen LogP contribution in [0.15, 0.2) is 18.2 Å². The molecule has 0 aliphatic heterocycles. The molecule has 0 heterocycles. The topological polar surface area (TPSA) is 154 Å². The number of rotatable bonds is 6. The number of methoxy groups -OCH3 is 1. The van der Waals surface area contributed by atoms with Crippen molar-refractivity contribution in [3.05, 3.63) is 23.8 Å². The first-order valence-electron chi connectivity index (χ1n) is 8.03. The fourth-order valence-electron chi connectivity index (χ4n) is 2.93. The van der Waals surface area contributed by atoms with Crippen LogP contribution in [0.1, 0.15) is 24.8 Å². The average Bonchev–Trinajstić information content (AvgIpc) is 2.57. The molecule has 1 aromatic rings. The molecule has 1 saturated carbocycles. The number of hydrogen-bond donors (Lipinski definition) is 5. The molecule has 26 heavy (non-hydrogen) atoms. The minimum Gasteiger partial charge on any atom is -0.504 e. The van der Waals surface area contributed by atoms with E-state index in [0.29, 0.717) is 5.56 Å². The van der Waals surface area contributed by atoms with Crippen LogP contribution in [0.4, 0.5) is 0 Å². The zero-order valence-electron chi connectivity index (χ0n) is 14.2. The number of esters is 1. The summed E-state index contributed by atoms with van der Waals surface area (Å²) in [5, 5.41) is 48.3. The van der Waals surface area contributed by atoms with Gasteiger partial charge in [0.05, 0.1) is 19.3 Å². The third-order valence-corrected chi connectivity index (χ3v) is 4.38. The van der Waals surface area contributed by atoms with Gasteiger partial charge < -0.3 is 35.0 Å². The van der Waals surface area contributed by atoms with Crippen molar-refractivity contribution in [3.8, 4) is 11.5 Å². The van der Waals surface area contributed by atoms with E-state index in [1.807, 2.05) is 0 Å². The van der Waals surface area contributed by atoms with E-state index in [1.54, 1.807) is 12.1 Å². The first-order valence-corrected chi connectivity index (χ1v) is 8.03. The van der Waals surface area contributed by atoms with Gasteiger partial charge in [-0.3, -0.25) is 4.79 Å². The summed E-state index contributed by atoms with van der Waals surface area (Å²) in [6, 6.07) is 4.61. The van der Waals surface area contributed by atoms with Crippen molar-refractivity contribution in [2.24, 2.45) is 0 Å². The van der Waals surface area contributed by atoms with Gasteiger partial charge >= 0.3 is 11.9 Å². The van der Waals surface area contributed by atoms with Gasteiger partial charge in [0.25, 0.3) is 0 Å². The fraction of sp³-hybridized carbons (Fsp3) is 0.529. The number of phenols is 1. The van der Waals surface area contributed by atoms with Gasteiger partial charge in [-0.2, -0.15) is 0 Å². The number of aromatic hydroxyl groups is 1. The highest BCUT2D eigenvalue weighted by Gasteiger charge is 2.50. The van der Waals surface area contributed by atoms with E-state index < -0.39 is 48.7 Å². The number of aliphatic hydroxyl groups excluding tert-OH is 2. The molecule has 0 aromatic heterocycles. The van der Waals surface area contributed by atoms with Crippen molar-refractivity contribution < 1.29 is 44.6 Å². The number of aliphatic hydroxyl groups is 3. The maximum Gasteiger partial charge on any atom is 0.335 e. The summed E-state index contributed by atoms with van der Waals surface area (Å²) in [5.41, 5.74) is -1.55. The molecule has 5 N–H and O–H groups in total. The Hall–Kier alpha value is -2.36. The van der Waals surface area contributed by atoms with Gasteiger partial charge in [0.2, 0.25) is 0 Å². The van der Waals surface area contributed by atoms with E-state index in [4.69, 9.17) is 14.6 Å². The first-order chi connectivity index (χ1) is 12.2. The number of hydrogen-bond acceptors (Lipinski definition) is 8. The lowest BCUT2D eigenvalue weighted by atomic mass is 9.79. The predicted molar refractivity (Wildman–Crippen MR) is 86.7 cm³/mol. The van der Waals surface area contributed by atoms with E-state index in [-0.39, 0.29) is 24.3 Å². The highest BCUT2D eigenvalue weighted by atomic mass is 16.6. The zero-order chi connectivity index (χ0) is 19.5. The maximum absolute atomic E-state index is 12.0. The van der Waals surface area contributed by atoms with Crippen LogP contribution >= 0.6 is 0 Å². The van der Waals surface area contributed by atoms with Crippen molar-refractivity contribution in [1.82, 2.24) is 0 Å². The van der Waals surface area contributed by atoms with Crippen molar-refractivity contribution in [2.45, 2.75) is 49.6 Å². The molecule has 0 bridgehead atoms. The number of carboxylic acids is 1. The largest absolute Gasteiger partial charge is 0.504 e. The highest BCUT2D eigenvalue weighted by molar-refractivity contribution is 5.77. The standard InChI is InChI=1S/C17H22O9/c1-25-13-6-9(2-4-10(13)18)3-5-14(21)26-15-11(19)7-17(24,16(22)23)8-12(15)20/h2,4,6,11-12,15,18-20,24H,3,5,7-8H2,1H3,(H,22,23)/t11?,12?,15-,17+. The molecule has 2 rings (SSSR count). The van der Waals surface area contributed by atoms with Crippen LogP contribution in [-0.4, -0.2) is 68.5 Å². The minimum absolute atomic E-state index is 0.0294. The second kappa shape index (κ2) is 7.90. The molecule has 1 aromatic carbocycles. The van der Waals surface area contributed by atoms with Gasteiger partial charge in [-0.1, -0.05) is 6.07 Å². The maximum atomic E-state index is 12.0. The molecule has 1 fully saturated rings. The second-order valence-electron chi connectivity index (χ2n) is 6.34. The normalized spacial score (nSPS) is 28.4. The van der Waals surface area contributed by atoms with E-state index in [1.165, 1.54) is 13.2 Å². The lowest BCUT2D eigenvalue weighted by molar-refractivity contribution is -0.198. The Balaban J connectivity index is 1.92. The van der Waals surface area contributed by atoms with E-state index in [2.05, 4.69) is 0 Å². The molecule has 144 valence electrons. The minimum atomic E-state index is -2.26. The van der Waals surface area contributed by atoms with Crippen molar-refractivity contribution in [1.29, 1.82) is 0 Å². The van der Waals surface area contributed by atoms with Gasteiger partial charge in [-0.15, -0.1) is 0 Å². The smallest absolute Gasteiger partial charge is 0.335 e. The van der Waals surface area contributed by atoms with Gasteiger partial charge in [0.1, 0.15) is 0 Å². The van der Waals surface area contributed by atoms with Crippen LogP contribution in [-0.2, 0) is 20.7 Å². The summed E-state index contributed by atoms with van der Waals surface area (Å²) in [6.07, 6.45) is -5.20. The van der Waals surface area contributed by atoms with Gasteiger partial charge in [-0.05, 0) is 24.1 Å². The zero-order valence-corrected chi connectivity index (χ0v) is 14.2. The molecular weight excluding hydrogens is 348 g/mol. The Morgan fingerprint density at radius 1 is 1.23 bits per heavy atom. The Morgan fingerprint density at radius 2 is 1.85 bits per heavy atom. The summed E-state index contributed by atoms with van der Waals surface area (Å²) in [6.45, 7) is 0. The summed E-state index contributed by atoms with van der Waals surface area (Å²) >= 11 is 0. The Bertz CT molecular complexity index is 660. The quantitative estimate of drug-likeness (QED) is 0.420. The number of aryl methyl sites for hydroxylation is 1. The number of benzene rings is 1. The molecular formula is C17H22O9. The molecule has 0 amide bonds. The van der Waals surface area contributed by atoms with Crippen molar-refractivity contribution in [3.63, 3.8) is 0 Å². The molecule has 0 spiro atoms. The molecule has 9 nitrogen and oxygen atoms in total. The van der Waals surface area contributed by atoms with Crippen LogP contribution in [0.25, 0.3) is 0 Å². The number of ether oxygens (including phenoxy) is 2. The highest BCUT2D eigenvalue weighted by Crippen LogP contribution is 2.31. The Kier molecular flexibility index (Phi) is 6.06. The second-order valence-corrected chi connectivity index (χ2v) is 6.34. The van der Waals surface area contributed by atoms with Crippen molar-refractivity contribution >= 4 is 11.9 Å². The number of phenolic OH excluding ortho intramolecular Hbond substituents is 1. The molecule has 1 aliphatic carbocycles. The van der Waals surface area contributed by atoms with Gasteiger partial charge in [0, 0.05) is 19.3 Å². The SMILES string of the molecule is COc1cc(CCC(=O)O[C@H]2C(O)C[C@](O)(C(=O)O)CC2O)ccc1O. The molecule has 0 saturated heterocycles. The van der Waals surface area contributed by atoms with Crippen LogP contribution < -0.4 is 4.74 Å². The summed E-state index contributed by atoms with van der Waals surface area (Å²) in [5.74, 6) is -2.01. The van der Waals surface area contributed by atoms with E-state index in [9.17, 15) is 30.0 Å². The van der Waals surface area contributed by atoms with Gasteiger partial charge in [0.15, 0.2) is 23.2 Å². The third-order valence-electron chi connectivity index (χ3n) is 4.38. The number of carbonyl (C=O) groups is 2. The number of aliphatic carboxylic acids is 1. The van der Waals surface area contributed by atoms with Crippen molar-refractivity contribution in [2.75, 3.05) is 7.11 Å². The monoisotopic (exact) mass is 370 g/mol. The van der Waals surface area contributed by atoms with Crippen LogP contribution in [0.5, 0.6) is 11.5 Å². The predicted octanol–water partition coefficient (Wildman–Crippen LogP) is -0.423. The summed E-state index contributed by atoms with van der Waals surface area (Å²) < 4.78 is 10.0. The van der Waals surface area contributed by atoms with Crippen LogP contribution in [0, 0.1) is 0 Å². The lowest BCUT2D eigenvalue weighted by Crippen LogP contribution is -2.57. The van der Waals surface area contributed by atoms with E-state index in [0.717, 1.165) is 0 Å². The number of carboxylic acid groups (broad SMARTS) is 1.